The summed E-state index contributed by atoms with van der Waals surface area (Å²) in [5.74, 6) is -0.245. The molecule has 0 bridgehead atoms. The smallest absolute Gasteiger partial charge is 0.333 e. The van der Waals surface area contributed by atoms with Gasteiger partial charge in [-0.2, -0.15) is 0 Å². The molecule has 23 heavy (non-hydrogen) atoms. The van der Waals surface area contributed by atoms with E-state index >= 15 is 0 Å². The molecule has 0 saturated heterocycles. The van der Waals surface area contributed by atoms with Gasteiger partial charge in [0.1, 0.15) is 11.6 Å². The van der Waals surface area contributed by atoms with Crippen molar-refractivity contribution in [2.45, 2.75) is 52.2 Å². The van der Waals surface area contributed by atoms with Crippen molar-refractivity contribution >= 4 is 14.3 Å². The van der Waals surface area contributed by atoms with Crippen LogP contribution in [-0.2, 0) is 16.0 Å². The lowest BCUT2D eigenvalue weighted by atomic mass is 10.1. The number of carbonyl (C=O) groups is 1. The quantitative estimate of drug-likeness (QED) is 0.422. The number of esters is 1. The third-order valence-corrected chi connectivity index (χ3v) is 8.52. The highest BCUT2D eigenvalue weighted by Crippen LogP contribution is 2.37. The molecule has 0 atom stereocenters. The topological polar surface area (TPSA) is 35.5 Å². The Bertz CT molecular complexity index is 588. The molecule has 1 rings (SSSR count). The molecule has 1 aromatic rings. The average molecular weight is 338 g/mol. The summed E-state index contributed by atoms with van der Waals surface area (Å²) < 4.78 is 25.1. The predicted octanol–water partition coefficient (Wildman–Crippen LogP) is 4.87. The molecule has 0 saturated carbocycles. The molecule has 3 nitrogen and oxygen atoms in total. The van der Waals surface area contributed by atoms with Gasteiger partial charge in [-0.15, -0.1) is 0 Å². The summed E-state index contributed by atoms with van der Waals surface area (Å²) in [6.45, 7) is 16.4. The molecule has 0 amide bonds. The molecule has 0 fully saturated rings. The molecular weight excluding hydrogens is 311 g/mol. The molecule has 5 heteroatoms. The van der Waals surface area contributed by atoms with Crippen LogP contribution in [0.2, 0.25) is 18.1 Å². The number of halogens is 1. The zero-order valence-corrected chi connectivity index (χ0v) is 16.0. The Morgan fingerprint density at radius 1 is 1.30 bits per heavy atom. The summed E-state index contributed by atoms with van der Waals surface area (Å²) in [5, 5.41) is 0.0517. The number of rotatable bonds is 6. The van der Waals surface area contributed by atoms with E-state index in [4.69, 9.17) is 9.16 Å². The van der Waals surface area contributed by atoms with E-state index < -0.39 is 14.3 Å². The van der Waals surface area contributed by atoms with Crippen LogP contribution in [0.3, 0.4) is 0 Å². The van der Waals surface area contributed by atoms with Gasteiger partial charge in [-0.05, 0) is 48.8 Å². The van der Waals surface area contributed by atoms with E-state index in [2.05, 4.69) is 40.4 Å². The Balaban J connectivity index is 2.96. The number of ether oxygens (including phenoxy) is 1. The highest BCUT2D eigenvalue weighted by molar-refractivity contribution is 6.74. The van der Waals surface area contributed by atoms with Crippen molar-refractivity contribution in [3.8, 4) is 5.75 Å². The van der Waals surface area contributed by atoms with E-state index in [9.17, 15) is 9.18 Å². The van der Waals surface area contributed by atoms with Crippen LogP contribution in [0.25, 0.3) is 0 Å². The van der Waals surface area contributed by atoms with Gasteiger partial charge < -0.3 is 9.16 Å². The van der Waals surface area contributed by atoms with Gasteiger partial charge in [-0.1, -0.05) is 27.4 Å². The Morgan fingerprint density at radius 2 is 1.91 bits per heavy atom. The lowest BCUT2D eigenvalue weighted by Gasteiger charge is -2.36. The van der Waals surface area contributed by atoms with E-state index in [0.717, 1.165) is 0 Å². The molecule has 0 aromatic heterocycles. The van der Waals surface area contributed by atoms with Crippen LogP contribution in [0.1, 0.15) is 33.3 Å². The Labute approximate surface area is 139 Å². The first-order valence-electron chi connectivity index (χ1n) is 7.80. The van der Waals surface area contributed by atoms with Gasteiger partial charge in [0, 0.05) is 12.0 Å². The van der Waals surface area contributed by atoms with Crippen molar-refractivity contribution < 1.29 is 18.3 Å². The van der Waals surface area contributed by atoms with Crippen LogP contribution in [0.15, 0.2) is 30.4 Å². The standard InChI is InChI=1S/C18H27FO3Si/c1-8-21-17(20)13(2)11-14-12-15(9-10-16(14)19)22-23(6,7)18(3,4)5/h9-10,12H,2,8,11H2,1,3-7H3. The maximum absolute atomic E-state index is 14.0. The molecule has 0 radical (unpaired) electrons. The summed E-state index contributed by atoms with van der Waals surface area (Å²) in [6, 6.07) is 4.66. The van der Waals surface area contributed by atoms with Crippen molar-refractivity contribution in [3.63, 3.8) is 0 Å². The predicted molar refractivity (Wildman–Crippen MR) is 93.7 cm³/mol. The second-order valence-electron chi connectivity index (χ2n) is 7.12. The van der Waals surface area contributed by atoms with Crippen LogP contribution in [-0.4, -0.2) is 20.9 Å². The number of benzene rings is 1. The highest BCUT2D eigenvalue weighted by Gasteiger charge is 2.39. The number of hydrogen-bond donors (Lipinski definition) is 0. The van der Waals surface area contributed by atoms with E-state index in [-0.39, 0.29) is 29.5 Å². The second-order valence-corrected chi connectivity index (χ2v) is 11.8. The third-order valence-electron chi connectivity index (χ3n) is 4.16. The van der Waals surface area contributed by atoms with Crippen LogP contribution in [0.4, 0.5) is 4.39 Å². The minimum atomic E-state index is -2.00. The lowest BCUT2D eigenvalue weighted by Crippen LogP contribution is -2.43. The average Bonchev–Trinajstić information content (AvgIpc) is 2.41. The maximum atomic E-state index is 14.0. The molecule has 0 unspecified atom stereocenters. The fourth-order valence-electron chi connectivity index (χ4n) is 1.73. The van der Waals surface area contributed by atoms with E-state index in [1.807, 2.05) is 0 Å². The normalized spacial score (nSPS) is 12.0. The fraction of sp³-hybridized carbons (Fsp3) is 0.500. The molecule has 0 heterocycles. The van der Waals surface area contributed by atoms with Crippen LogP contribution >= 0.6 is 0 Å². The van der Waals surface area contributed by atoms with Gasteiger partial charge in [-0.3, -0.25) is 0 Å². The fourth-order valence-corrected chi connectivity index (χ4v) is 2.76. The minimum Gasteiger partial charge on any atom is -0.543 e. The molecule has 0 aliphatic rings. The van der Waals surface area contributed by atoms with Crippen LogP contribution in [0, 0.1) is 5.82 Å². The zero-order valence-electron chi connectivity index (χ0n) is 15.0. The van der Waals surface area contributed by atoms with Crippen molar-refractivity contribution in [1.82, 2.24) is 0 Å². The van der Waals surface area contributed by atoms with E-state index in [0.29, 0.717) is 11.3 Å². The van der Waals surface area contributed by atoms with E-state index in [1.54, 1.807) is 19.1 Å². The molecule has 0 N–H and O–H groups in total. The van der Waals surface area contributed by atoms with Crippen LogP contribution in [0.5, 0.6) is 5.75 Å². The van der Waals surface area contributed by atoms with Crippen LogP contribution < -0.4 is 4.43 Å². The van der Waals surface area contributed by atoms with Gasteiger partial charge in [0.25, 0.3) is 0 Å². The zero-order chi connectivity index (χ0) is 17.8. The molecule has 1 aromatic carbocycles. The van der Waals surface area contributed by atoms with Gasteiger partial charge in [0.2, 0.25) is 8.32 Å². The lowest BCUT2D eigenvalue weighted by molar-refractivity contribution is -0.138. The molecular formula is C18H27FO3Si. The Hall–Kier alpha value is -1.62. The molecule has 0 aliphatic heterocycles. The first-order chi connectivity index (χ1) is 10.5. The van der Waals surface area contributed by atoms with E-state index in [1.165, 1.54) is 6.07 Å². The van der Waals surface area contributed by atoms with Gasteiger partial charge in [0.15, 0.2) is 0 Å². The summed E-state index contributed by atoms with van der Waals surface area (Å²) in [5.41, 5.74) is 0.620. The summed E-state index contributed by atoms with van der Waals surface area (Å²) in [6.07, 6.45) is 0.110. The maximum Gasteiger partial charge on any atom is 0.333 e. The van der Waals surface area contributed by atoms with Gasteiger partial charge in [-0.25, -0.2) is 9.18 Å². The largest absolute Gasteiger partial charge is 0.543 e. The first kappa shape index (κ1) is 19.4. The monoisotopic (exact) mass is 338 g/mol. The van der Waals surface area contributed by atoms with Crippen molar-refractivity contribution in [1.29, 1.82) is 0 Å². The number of hydrogen-bond acceptors (Lipinski definition) is 3. The highest BCUT2D eigenvalue weighted by atomic mass is 28.4. The second kappa shape index (κ2) is 7.30. The van der Waals surface area contributed by atoms with Gasteiger partial charge in [0.05, 0.1) is 6.61 Å². The molecule has 128 valence electrons. The summed E-state index contributed by atoms with van der Waals surface area (Å²) in [4.78, 5) is 11.6. The van der Waals surface area contributed by atoms with Crippen molar-refractivity contribution in [2.24, 2.45) is 0 Å². The summed E-state index contributed by atoms with van der Waals surface area (Å²) in [7, 11) is -2.00. The minimum absolute atomic E-state index is 0.0517. The molecule has 0 spiro atoms. The Kier molecular flexibility index (Phi) is 6.16. The SMILES string of the molecule is C=C(Cc1cc(O[Si](C)(C)C(C)(C)C)ccc1F)C(=O)OCC. The van der Waals surface area contributed by atoms with Gasteiger partial charge >= 0.3 is 5.97 Å². The summed E-state index contributed by atoms with van der Waals surface area (Å²) >= 11 is 0. The molecule has 0 aliphatic carbocycles. The Morgan fingerprint density at radius 3 is 2.43 bits per heavy atom. The van der Waals surface area contributed by atoms with Crippen molar-refractivity contribution in [3.05, 3.63) is 41.7 Å². The number of carbonyl (C=O) groups excluding carboxylic acids is 1. The third kappa shape index (κ3) is 5.20. The first-order valence-corrected chi connectivity index (χ1v) is 10.7. The van der Waals surface area contributed by atoms with Crippen molar-refractivity contribution in [2.75, 3.05) is 6.61 Å².